The maximum atomic E-state index is 12.8. The van der Waals surface area contributed by atoms with Crippen molar-refractivity contribution in [3.05, 3.63) is 65.8 Å². The van der Waals surface area contributed by atoms with Crippen LogP contribution in [0.25, 0.3) is 11.0 Å². The van der Waals surface area contributed by atoms with Crippen molar-refractivity contribution >= 4 is 16.9 Å². The highest BCUT2D eigenvalue weighted by Gasteiger charge is 2.32. The molecule has 32 heavy (non-hydrogen) atoms. The van der Waals surface area contributed by atoms with E-state index in [1.165, 1.54) is 5.57 Å². The molecule has 0 aliphatic heterocycles. The van der Waals surface area contributed by atoms with Crippen molar-refractivity contribution in [3.63, 3.8) is 0 Å². The van der Waals surface area contributed by atoms with Crippen LogP contribution in [0.3, 0.4) is 0 Å². The second-order valence-corrected chi connectivity index (χ2v) is 9.11. The van der Waals surface area contributed by atoms with Gasteiger partial charge in [0.1, 0.15) is 11.6 Å². The van der Waals surface area contributed by atoms with Crippen molar-refractivity contribution in [1.29, 1.82) is 0 Å². The average molecular weight is 433 g/mol. The molecule has 3 unspecified atom stereocenters. The zero-order valence-electron chi connectivity index (χ0n) is 19.3. The number of hydrogen-bond acceptors (Lipinski definition) is 4. The minimum absolute atomic E-state index is 0.0889. The smallest absolute Gasteiger partial charge is 0.255 e. The van der Waals surface area contributed by atoms with Gasteiger partial charge in [-0.2, -0.15) is 0 Å². The van der Waals surface area contributed by atoms with Crippen molar-refractivity contribution in [2.75, 3.05) is 13.7 Å². The van der Waals surface area contributed by atoms with E-state index in [1.54, 1.807) is 19.4 Å². The van der Waals surface area contributed by atoms with Gasteiger partial charge in [0.2, 0.25) is 0 Å². The molecule has 168 valence electrons. The van der Waals surface area contributed by atoms with E-state index in [9.17, 15) is 4.79 Å². The van der Waals surface area contributed by atoms with E-state index in [0.29, 0.717) is 41.5 Å². The summed E-state index contributed by atoms with van der Waals surface area (Å²) in [6, 6.07) is 9.29. The van der Waals surface area contributed by atoms with Crippen LogP contribution in [0.4, 0.5) is 0 Å². The van der Waals surface area contributed by atoms with Crippen molar-refractivity contribution in [3.8, 4) is 5.75 Å². The quantitative estimate of drug-likeness (QED) is 0.526. The van der Waals surface area contributed by atoms with Crippen LogP contribution in [-0.4, -0.2) is 34.5 Å². The summed E-state index contributed by atoms with van der Waals surface area (Å²) in [5.74, 6) is 3.29. The van der Waals surface area contributed by atoms with Crippen LogP contribution >= 0.6 is 0 Å². The zero-order chi connectivity index (χ0) is 22.7. The lowest BCUT2D eigenvalue weighted by Gasteiger charge is -2.37. The summed E-state index contributed by atoms with van der Waals surface area (Å²) < 4.78 is 5.34. The molecule has 2 N–H and O–H groups in total. The van der Waals surface area contributed by atoms with Crippen LogP contribution in [0, 0.1) is 23.7 Å². The number of amides is 1. The number of methoxy groups -OCH3 is 1. The minimum Gasteiger partial charge on any atom is -0.496 e. The molecular weight excluding hydrogens is 400 g/mol. The van der Waals surface area contributed by atoms with E-state index in [4.69, 9.17) is 9.72 Å². The SMILES string of the molecule is COc1ccccc1C(=O)NCC1C=C(C)C(Cc2nc3ccncc3[nH]2)CC1C(C)C. The Bertz CT molecular complexity index is 1080. The average Bonchev–Trinajstić information content (AvgIpc) is 3.21. The molecule has 0 saturated carbocycles. The fourth-order valence-electron chi connectivity index (χ4n) is 4.89. The van der Waals surface area contributed by atoms with Crippen LogP contribution in [0.15, 0.2) is 54.4 Å². The summed E-state index contributed by atoms with van der Waals surface area (Å²) in [7, 11) is 1.59. The molecule has 1 aliphatic carbocycles. The number of fused-ring (bicyclic) bond motifs is 1. The lowest BCUT2D eigenvalue weighted by atomic mass is 9.69. The number of para-hydroxylation sites is 1. The van der Waals surface area contributed by atoms with Crippen molar-refractivity contribution in [2.24, 2.45) is 23.7 Å². The summed E-state index contributed by atoms with van der Waals surface area (Å²) in [5.41, 5.74) is 3.89. The summed E-state index contributed by atoms with van der Waals surface area (Å²) in [6.45, 7) is 7.39. The first-order valence-corrected chi connectivity index (χ1v) is 11.3. The third-order valence-electron chi connectivity index (χ3n) is 6.71. The number of imidazole rings is 1. The summed E-state index contributed by atoms with van der Waals surface area (Å²) in [5, 5.41) is 3.14. The van der Waals surface area contributed by atoms with Gasteiger partial charge in [0.05, 0.1) is 29.9 Å². The predicted molar refractivity (Wildman–Crippen MR) is 127 cm³/mol. The van der Waals surface area contributed by atoms with Gasteiger partial charge in [-0.25, -0.2) is 4.98 Å². The molecule has 1 amide bonds. The third kappa shape index (κ3) is 4.69. The highest BCUT2D eigenvalue weighted by atomic mass is 16.5. The van der Waals surface area contributed by atoms with E-state index < -0.39 is 0 Å². The van der Waals surface area contributed by atoms with E-state index in [0.717, 1.165) is 29.7 Å². The number of pyridine rings is 1. The van der Waals surface area contributed by atoms with Gasteiger partial charge in [-0.05, 0) is 55.2 Å². The molecule has 6 nitrogen and oxygen atoms in total. The molecule has 3 aromatic rings. The first-order valence-electron chi connectivity index (χ1n) is 11.3. The van der Waals surface area contributed by atoms with Gasteiger partial charge in [0.25, 0.3) is 5.91 Å². The summed E-state index contributed by atoms with van der Waals surface area (Å²) >= 11 is 0. The van der Waals surface area contributed by atoms with Crippen LogP contribution in [0.5, 0.6) is 5.75 Å². The number of hydrogen-bond donors (Lipinski definition) is 2. The van der Waals surface area contributed by atoms with E-state index in [-0.39, 0.29) is 5.91 Å². The number of ether oxygens (including phenoxy) is 1. The maximum absolute atomic E-state index is 12.8. The molecular formula is C26H32N4O2. The largest absolute Gasteiger partial charge is 0.496 e. The highest BCUT2D eigenvalue weighted by Crippen LogP contribution is 2.38. The number of carbonyl (C=O) groups is 1. The van der Waals surface area contributed by atoms with Gasteiger partial charge >= 0.3 is 0 Å². The Kier molecular flexibility index (Phi) is 6.58. The number of nitrogens with one attached hydrogen (secondary N) is 2. The van der Waals surface area contributed by atoms with Gasteiger partial charge in [-0.3, -0.25) is 9.78 Å². The standard InChI is InChI=1S/C26H32N4O2/c1-16(2)21-12-18(13-25-29-22-9-10-27-15-23(22)30-25)17(3)11-19(21)14-28-26(31)20-7-5-6-8-24(20)32-4/h5-11,15-16,18-19,21H,12-14H2,1-4H3,(H,28,31)(H,29,30). The molecule has 0 spiro atoms. The lowest BCUT2D eigenvalue weighted by molar-refractivity contribution is 0.0936. The van der Waals surface area contributed by atoms with E-state index in [2.05, 4.69) is 42.1 Å². The molecule has 6 heteroatoms. The molecule has 0 fully saturated rings. The first kappa shape index (κ1) is 22.1. The number of carbonyl (C=O) groups excluding carboxylic acids is 1. The second-order valence-electron chi connectivity index (χ2n) is 9.11. The van der Waals surface area contributed by atoms with Gasteiger partial charge in [0.15, 0.2) is 0 Å². The molecule has 0 bridgehead atoms. The Balaban J connectivity index is 1.47. The van der Waals surface area contributed by atoms with Crippen molar-refractivity contribution < 1.29 is 9.53 Å². The van der Waals surface area contributed by atoms with Gasteiger partial charge in [0, 0.05) is 19.2 Å². The summed E-state index contributed by atoms with van der Waals surface area (Å²) in [6.07, 6.45) is 7.95. The van der Waals surface area contributed by atoms with E-state index in [1.807, 2.05) is 30.5 Å². The number of H-pyrrole nitrogens is 1. The molecule has 1 aromatic carbocycles. The Labute approximate surface area is 189 Å². The normalized spacial score (nSPS) is 20.9. The molecule has 1 aliphatic rings. The van der Waals surface area contributed by atoms with Crippen LogP contribution in [0.2, 0.25) is 0 Å². The molecule has 0 saturated heterocycles. The number of aromatic amines is 1. The van der Waals surface area contributed by atoms with Crippen LogP contribution in [0.1, 0.15) is 43.4 Å². The molecule has 0 radical (unpaired) electrons. The number of nitrogens with zero attached hydrogens (tertiary/aromatic N) is 2. The molecule has 2 aromatic heterocycles. The fourth-order valence-corrected chi connectivity index (χ4v) is 4.89. The number of allylic oxidation sites excluding steroid dienone is 1. The van der Waals surface area contributed by atoms with Gasteiger partial charge in [-0.1, -0.05) is 37.6 Å². The van der Waals surface area contributed by atoms with Crippen LogP contribution < -0.4 is 10.1 Å². The second kappa shape index (κ2) is 9.55. The summed E-state index contributed by atoms with van der Waals surface area (Å²) in [4.78, 5) is 25.1. The Morgan fingerprint density at radius 2 is 2.09 bits per heavy atom. The van der Waals surface area contributed by atoms with Crippen LogP contribution in [-0.2, 0) is 6.42 Å². The first-order chi connectivity index (χ1) is 15.5. The third-order valence-corrected chi connectivity index (χ3v) is 6.71. The highest BCUT2D eigenvalue weighted by molar-refractivity contribution is 5.96. The van der Waals surface area contributed by atoms with E-state index >= 15 is 0 Å². The van der Waals surface area contributed by atoms with Crippen molar-refractivity contribution in [1.82, 2.24) is 20.3 Å². The zero-order valence-corrected chi connectivity index (χ0v) is 19.3. The van der Waals surface area contributed by atoms with Crippen molar-refractivity contribution in [2.45, 2.75) is 33.6 Å². The number of rotatable bonds is 7. The fraction of sp³-hybridized carbons (Fsp3) is 0.423. The Morgan fingerprint density at radius 1 is 1.28 bits per heavy atom. The monoisotopic (exact) mass is 432 g/mol. The minimum atomic E-state index is -0.0889. The number of benzene rings is 1. The topological polar surface area (TPSA) is 79.9 Å². The maximum Gasteiger partial charge on any atom is 0.255 e. The predicted octanol–water partition coefficient (Wildman–Crippen LogP) is 4.79. The Hall–Kier alpha value is -3.15. The van der Waals surface area contributed by atoms with Gasteiger partial charge in [-0.15, -0.1) is 0 Å². The Morgan fingerprint density at radius 3 is 2.84 bits per heavy atom. The lowest BCUT2D eigenvalue weighted by Crippen LogP contribution is -2.37. The molecule has 4 rings (SSSR count). The molecule has 2 heterocycles. The molecule has 3 atom stereocenters. The number of aromatic nitrogens is 3. The van der Waals surface area contributed by atoms with Gasteiger partial charge < -0.3 is 15.0 Å².